The molecule has 1 atom stereocenters. The van der Waals surface area contributed by atoms with Gasteiger partial charge in [0.05, 0.1) is 12.7 Å². The van der Waals surface area contributed by atoms with Crippen molar-refractivity contribution >= 4 is 5.97 Å². The van der Waals surface area contributed by atoms with E-state index >= 15 is 0 Å². The monoisotopic (exact) mass is 523 g/mol. The van der Waals surface area contributed by atoms with Crippen LogP contribution in [-0.2, 0) is 9.53 Å². The normalized spacial score (nSPS) is 12.4. The molecular formula is C34H66O3. The predicted octanol–water partition coefficient (Wildman–Crippen LogP) is 11.0. The topological polar surface area (TPSA) is 46.5 Å². The lowest BCUT2D eigenvalue weighted by Gasteiger charge is -2.07. The molecule has 0 fully saturated rings. The van der Waals surface area contributed by atoms with Crippen LogP contribution in [0.4, 0.5) is 0 Å². The number of ether oxygens (including phenoxy) is 1. The summed E-state index contributed by atoms with van der Waals surface area (Å²) in [6, 6.07) is 0. The fourth-order valence-corrected chi connectivity index (χ4v) is 4.91. The third-order valence-electron chi connectivity index (χ3n) is 7.48. The van der Waals surface area contributed by atoms with Crippen LogP contribution in [0.25, 0.3) is 0 Å². The fraction of sp³-hybridized carbons (Fsp3) is 0.912. The van der Waals surface area contributed by atoms with Gasteiger partial charge in [-0.3, -0.25) is 4.79 Å². The Balaban J connectivity index is 3.26. The van der Waals surface area contributed by atoms with Gasteiger partial charge in [0.25, 0.3) is 0 Å². The second kappa shape index (κ2) is 31.4. The maximum atomic E-state index is 11.9. The van der Waals surface area contributed by atoms with Crippen LogP contribution in [-0.4, -0.2) is 23.8 Å². The second-order valence-corrected chi connectivity index (χ2v) is 11.3. The summed E-state index contributed by atoms with van der Waals surface area (Å²) in [4.78, 5) is 11.9. The molecule has 3 heteroatoms. The van der Waals surface area contributed by atoms with Crippen molar-refractivity contribution in [3.8, 4) is 0 Å². The van der Waals surface area contributed by atoms with E-state index in [0.29, 0.717) is 13.0 Å². The first kappa shape index (κ1) is 36.2. The fourth-order valence-electron chi connectivity index (χ4n) is 4.91. The van der Waals surface area contributed by atoms with Gasteiger partial charge in [-0.05, 0) is 38.5 Å². The first-order valence-electron chi connectivity index (χ1n) is 16.7. The highest BCUT2D eigenvalue weighted by molar-refractivity contribution is 5.69. The summed E-state index contributed by atoms with van der Waals surface area (Å²) in [5, 5.41) is 9.97. The Kier molecular flexibility index (Phi) is 30.7. The number of unbranched alkanes of at least 4 members (excludes halogenated alkanes) is 21. The molecule has 1 N–H and O–H groups in total. The minimum Gasteiger partial charge on any atom is -0.466 e. The molecule has 0 bridgehead atoms. The first-order valence-corrected chi connectivity index (χ1v) is 16.7. The summed E-state index contributed by atoms with van der Waals surface area (Å²) < 4.78 is 5.41. The average Bonchev–Trinajstić information content (AvgIpc) is 2.90. The van der Waals surface area contributed by atoms with Crippen molar-refractivity contribution in [3.63, 3.8) is 0 Å². The molecule has 0 aliphatic rings. The minimum absolute atomic E-state index is 0.00845. The van der Waals surface area contributed by atoms with E-state index in [0.717, 1.165) is 44.9 Å². The zero-order chi connectivity index (χ0) is 27.1. The minimum atomic E-state index is -0.165. The van der Waals surface area contributed by atoms with Crippen molar-refractivity contribution in [1.29, 1.82) is 0 Å². The van der Waals surface area contributed by atoms with Crippen molar-refractivity contribution < 1.29 is 14.6 Å². The van der Waals surface area contributed by atoms with Crippen LogP contribution in [0, 0.1) is 0 Å². The predicted molar refractivity (Wildman–Crippen MR) is 162 cm³/mol. The van der Waals surface area contributed by atoms with E-state index in [4.69, 9.17) is 4.74 Å². The maximum absolute atomic E-state index is 11.9. The summed E-state index contributed by atoms with van der Waals surface area (Å²) in [5.41, 5.74) is 0. The van der Waals surface area contributed by atoms with E-state index in [9.17, 15) is 9.90 Å². The highest BCUT2D eigenvalue weighted by atomic mass is 16.5. The molecule has 0 spiro atoms. The molecule has 0 unspecified atom stereocenters. The van der Waals surface area contributed by atoms with Gasteiger partial charge in [0, 0.05) is 6.42 Å². The summed E-state index contributed by atoms with van der Waals surface area (Å²) >= 11 is 0. The number of carbonyl (C=O) groups is 1. The first-order chi connectivity index (χ1) is 18.2. The molecule has 0 aromatic rings. The van der Waals surface area contributed by atoms with Gasteiger partial charge >= 0.3 is 5.97 Å². The zero-order valence-corrected chi connectivity index (χ0v) is 25.3. The Morgan fingerprint density at radius 1 is 0.595 bits per heavy atom. The van der Waals surface area contributed by atoms with Crippen molar-refractivity contribution in [3.05, 3.63) is 12.2 Å². The number of allylic oxidation sites excluding steroid dienone is 1. The van der Waals surface area contributed by atoms with Gasteiger partial charge in [0.15, 0.2) is 0 Å². The number of aliphatic hydroxyl groups excluding tert-OH is 1. The quantitative estimate of drug-likeness (QED) is 0.0579. The molecule has 0 heterocycles. The molecule has 0 radical (unpaired) electrons. The van der Waals surface area contributed by atoms with Crippen molar-refractivity contribution in [1.82, 2.24) is 0 Å². The molecule has 220 valence electrons. The molecule has 0 saturated heterocycles. The lowest BCUT2D eigenvalue weighted by Crippen LogP contribution is -2.05. The van der Waals surface area contributed by atoms with Crippen LogP contribution in [0.2, 0.25) is 0 Å². The van der Waals surface area contributed by atoms with Crippen molar-refractivity contribution in [2.75, 3.05) is 6.61 Å². The van der Waals surface area contributed by atoms with Gasteiger partial charge in [-0.25, -0.2) is 0 Å². The van der Waals surface area contributed by atoms with Gasteiger partial charge in [0.2, 0.25) is 0 Å². The van der Waals surface area contributed by atoms with Crippen LogP contribution >= 0.6 is 0 Å². The van der Waals surface area contributed by atoms with E-state index in [1.807, 2.05) is 0 Å². The van der Waals surface area contributed by atoms with Crippen LogP contribution in [0.3, 0.4) is 0 Å². The summed E-state index contributed by atoms with van der Waals surface area (Å²) in [6.45, 7) is 5.11. The van der Waals surface area contributed by atoms with E-state index in [1.165, 1.54) is 122 Å². The third-order valence-corrected chi connectivity index (χ3v) is 7.48. The van der Waals surface area contributed by atoms with E-state index in [-0.39, 0.29) is 12.1 Å². The van der Waals surface area contributed by atoms with E-state index in [2.05, 4.69) is 26.0 Å². The molecular weight excluding hydrogens is 456 g/mol. The van der Waals surface area contributed by atoms with Crippen LogP contribution < -0.4 is 0 Å². The Morgan fingerprint density at radius 2 is 1.05 bits per heavy atom. The Bertz CT molecular complexity index is 474. The van der Waals surface area contributed by atoms with Crippen LogP contribution in [0.15, 0.2) is 12.2 Å². The molecule has 0 aromatic heterocycles. The number of carbonyl (C=O) groups excluding carboxylic acids is 1. The zero-order valence-electron chi connectivity index (χ0n) is 25.3. The molecule has 0 aromatic carbocycles. The van der Waals surface area contributed by atoms with E-state index < -0.39 is 0 Å². The molecule has 3 nitrogen and oxygen atoms in total. The molecule has 0 saturated carbocycles. The molecule has 0 aliphatic heterocycles. The number of esters is 1. The number of hydrogen-bond acceptors (Lipinski definition) is 3. The third kappa shape index (κ3) is 31.3. The van der Waals surface area contributed by atoms with E-state index in [1.54, 1.807) is 0 Å². The lowest BCUT2D eigenvalue weighted by molar-refractivity contribution is -0.143. The lowest BCUT2D eigenvalue weighted by atomic mass is 10.0. The van der Waals surface area contributed by atoms with Crippen LogP contribution in [0.1, 0.15) is 187 Å². The molecule has 0 rings (SSSR count). The number of rotatable bonds is 30. The Labute approximate surface area is 232 Å². The van der Waals surface area contributed by atoms with Crippen LogP contribution in [0.5, 0.6) is 0 Å². The molecule has 37 heavy (non-hydrogen) atoms. The highest BCUT2D eigenvalue weighted by Crippen LogP contribution is 2.14. The van der Waals surface area contributed by atoms with Gasteiger partial charge in [-0.1, -0.05) is 154 Å². The Morgan fingerprint density at radius 3 is 1.62 bits per heavy atom. The molecule has 0 amide bonds. The smallest absolute Gasteiger partial charge is 0.305 e. The summed E-state index contributed by atoms with van der Waals surface area (Å²) in [6.07, 6.45) is 37.1. The summed E-state index contributed by atoms with van der Waals surface area (Å²) in [7, 11) is 0. The standard InChI is InChI=1S/C34H66O3/c1-3-5-7-9-10-11-12-13-14-15-18-21-24-28-32-37-34(36)31-27-23-20-17-16-19-22-26-30-33(35)29-25-8-6-4-2/h22,26,33,35H,3-21,23-25,27-32H2,1-2H3/b26-22-/t33-/m1/s1. The van der Waals surface area contributed by atoms with Crippen molar-refractivity contribution in [2.24, 2.45) is 0 Å². The maximum Gasteiger partial charge on any atom is 0.305 e. The summed E-state index contributed by atoms with van der Waals surface area (Å²) in [5.74, 6) is -0.00845. The molecule has 0 aliphatic carbocycles. The Hall–Kier alpha value is -0.830. The van der Waals surface area contributed by atoms with Gasteiger partial charge in [0.1, 0.15) is 0 Å². The number of aliphatic hydroxyl groups is 1. The largest absolute Gasteiger partial charge is 0.466 e. The SMILES string of the molecule is CCCCCCCCCCCCCCCCOC(=O)CCCCCCC/C=C\C[C@H](O)CCCCCC. The van der Waals surface area contributed by atoms with Gasteiger partial charge < -0.3 is 9.84 Å². The van der Waals surface area contributed by atoms with Gasteiger partial charge in [-0.2, -0.15) is 0 Å². The van der Waals surface area contributed by atoms with Gasteiger partial charge in [-0.15, -0.1) is 0 Å². The highest BCUT2D eigenvalue weighted by Gasteiger charge is 2.03. The average molecular weight is 523 g/mol. The van der Waals surface area contributed by atoms with Crippen molar-refractivity contribution in [2.45, 2.75) is 193 Å². The second-order valence-electron chi connectivity index (χ2n) is 11.3. The number of hydrogen-bond donors (Lipinski definition) is 1.